The van der Waals surface area contributed by atoms with Gasteiger partial charge in [0, 0.05) is 18.5 Å². The molecule has 1 aliphatic heterocycles. The molecule has 0 spiro atoms. The molecule has 0 bridgehead atoms. The van der Waals surface area contributed by atoms with Gasteiger partial charge in [-0.2, -0.15) is 0 Å². The largest absolute Gasteiger partial charge is 0.383 e. The lowest BCUT2D eigenvalue weighted by Crippen LogP contribution is -2.35. The molecular weight excluding hydrogens is 186 g/mol. The fourth-order valence-electron chi connectivity index (χ4n) is 1.35. The predicted octanol–water partition coefficient (Wildman–Crippen LogP) is 0.558. The van der Waals surface area contributed by atoms with Gasteiger partial charge in [-0.3, -0.25) is 4.90 Å². The van der Waals surface area contributed by atoms with Crippen molar-refractivity contribution in [2.75, 3.05) is 32.0 Å². The van der Waals surface area contributed by atoms with Crippen LogP contribution in [-0.4, -0.2) is 36.2 Å². The van der Waals surface area contributed by atoms with E-state index in [0.29, 0.717) is 5.82 Å². The summed E-state index contributed by atoms with van der Waals surface area (Å²) in [6, 6.07) is 0. The highest BCUT2D eigenvalue weighted by Gasteiger charge is 2.11. The van der Waals surface area contributed by atoms with Gasteiger partial charge < -0.3 is 10.5 Å². The second kappa shape index (κ2) is 4.04. The third-order valence-corrected chi connectivity index (χ3v) is 2.88. The highest BCUT2D eigenvalue weighted by molar-refractivity contribution is 7.09. The Morgan fingerprint density at radius 2 is 2.31 bits per heavy atom. The molecule has 0 aromatic carbocycles. The van der Waals surface area contributed by atoms with Crippen molar-refractivity contribution in [3.05, 3.63) is 10.4 Å². The van der Waals surface area contributed by atoms with Crippen molar-refractivity contribution in [3.63, 3.8) is 0 Å². The van der Waals surface area contributed by atoms with E-state index in [1.165, 1.54) is 0 Å². The van der Waals surface area contributed by atoms with Crippen LogP contribution in [0, 0.1) is 0 Å². The Morgan fingerprint density at radius 1 is 1.54 bits per heavy atom. The van der Waals surface area contributed by atoms with Crippen molar-refractivity contribution in [1.29, 1.82) is 0 Å². The van der Waals surface area contributed by atoms with Gasteiger partial charge in [-0.25, -0.2) is 4.98 Å². The van der Waals surface area contributed by atoms with Crippen molar-refractivity contribution >= 4 is 17.2 Å². The predicted molar refractivity (Wildman–Crippen MR) is 52.6 cm³/mol. The topological polar surface area (TPSA) is 51.4 Å². The quantitative estimate of drug-likeness (QED) is 0.756. The van der Waals surface area contributed by atoms with Gasteiger partial charge in [-0.05, 0) is 0 Å². The molecule has 1 saturated heterocycles. The Labute approximate surface area is 81.3 Å². The number of hydrogen-bond donors (Lipinski definition) is 1. The SMILES string of the molecule is Nc1csc(CN2CCOCC2)n1. The third kappa shape index (κ3) is 2.40. The maximum absolute atomic E-state index is 5.54. The van der Waals surface area contributed by atoms with Gasteiger partial charge in [-0.15, -0.1) is 11.3 Å². The van der Waals surface area contributed by atoms with Crippen molar-refractivity contribution in [2.24, 2.45) is 0 Å². The minimum absolute atomic E-state index is 0.633. The summed E-state index contributed by atoms with van der Waals surface area (Å²) in [6.07, 6.45) is 0. The molecule has 0 atom stereocenters. The molecule has 1 aliphatic rings. The monoisotopic (exact) mass is 199 g/mol. The summed E-state index contributed by atoms with van der Waals surface area (Å²) in [7, 11) is 0. The van der Waals surface area contributed by atoms with Crippen LogP contribution in [0.15, 0.2) is 5.38 Å². The van der Waals surface area contributed by atoms with Crippen LogP contribution >= 0.6 is 11.3 Å². The number of nitrogens with zero attached hydrogens (tertiary/aromatic N) is 2. The Bertz CT molecular complexity index is 270. The Hall–Kier alpha value is -0.650. The highest BCUT2D eigenvalue weighted by atomic mass is 32.1. The van der Waals surface area contributed by atoms with Gasteiger partial charge in [0.1, 0.15) is 10.8 Å². The molecule has 13 heavy (non-hydrogen) atoms. The first kappa shape index (κ1) is 8.93. The van der Waals surface area contributed by atoms with Crippen LogP contribution in [0.2, 0.25) is 0 Å². The second-order valence-corrected chi connectivity index (χ2v) is 4.00. The fourth-order valence-corrected chi connectivity index (χ4v) is 2.07. The van der Waals surface area contributed by atoms with E-state index in [9.17, 15) is 0 Å². The lowest BCUT2D eigenvalue weighted by atomic mass is 10.4. The van der Waals surface area contributed by atoms with E-state index < -0.39 is 0 Å². The first-order valence-electron chi connectivity index (χ1n) is 4.34. The third-order valence-electron chi connectivity index (χ3n) is 2.03. The number of nitrogens with two attached hydrogens (primary N) is 1. The summed E-state index contributed by atoms with van der Waals surface area (Å²) in [5, 5.41) is 2.98. The van der Waals surface area contributed by atoms with E-state index in [1.807, 2.05) is 5.38 Å². The summed E-state index contributed by atoms with van der Waals surface area (Å²) in [6.45, 7) is 4.58. The summed E-state index contributed by atoms with van der Waals surface area (Å²) in [4.78, 5) is 6.55. The lowest BCUT2D eigenvalue weighted by Gasteiger charge is -2.25. The van der Waals surface area contributed by atoms with Crippen LogP contribution in [0.4, 0.5) is 5.82 Å². The molecule has 1 fully saturated rings. The standard InChI is InChI=1S/C8H13N3OS/c9-7-6-13-8(10-7)5-11-1-3-12-4-2-11/h6H,1-5,9H2. The first-order chi connectivity index (χ1) is 6.34. The molecule has 2 heterocycles. The maximum Gasteiger partial charge on any atom is 0.134 e. The van der Waals surface area contributed by atoms with E-state index in [1.54, 1.807) is 11.3 Å². The number of hydrogen-bond acceptors (Lipinski definition) is 5. The highest BCUT2D eigenvalue weighted by Crippen LogP contribution is 2.13. The Morgan fingerprint density at radius 3 is 2.92 bits per heavy atom. The molecule has 4 nitrogen and oxygen atoms in total. The van der Waals surface area contributed by atoms with Gasteiger partial charge in [0.05, 0.1) is 19.8 Å². The van der Waals surface area contributed by atoms with Crippen LogP contribution in [0.3, 0.4) is 0 Å². The van der Waals surface area contributed by atoms with Gasteiger partial charge in [0.2, 0.25) is 0 Å². The van der Waals surface area contributed by atoms with E-state index >= 15 is 0 Å². The average Bonchev–Trinajstić information content (AvgIpc) is 2.53. The molecule has 0 radical (unpaired) electrons. The Kier molecular flexibility index (Phi) is 2.77. The number of morpholine rings is 1. The fraction of sp³-hybridized carbons (Fsp3) is 0.625. The Balaban J connectivity index is 1.89. The molecule has 0 unspecified atom stereocenters. The smallest absolute Gasteiger partial charge is 0.134 e. The molecule has 72 valence electrons. The van der Waals surface area contributed by atoms with E-state index in [2.05, 4.69) is 9.88 Å². The van der Waals surface area contributed by atoms with Crippen molar-refractivity contribution < 1.29 is 4.74 Å². The summed E-state index contributed by atoms with van der Waals surface area (Å²) >= 11 is 1.62. The summed E-state index contributed by atoms with van der Waals surface area (Å²) in [5.41, 5.74) is 5.54. The second-order valence-electron chi connectivity index (χ2n) is 3.05. The lowest BCUT2D eigenvalue weighted by molar-refractivity contribution is 0.0342. The van der Waals surface area contributed by atoms with Crippen molar-refractivity contribution in [2.45, 2.75) is 6.54 Å². The maximum atomic E-state index is 5.54. The number of ether oxygens (including phenoxy) is 1. The van der Waals surface area contributed by atoms with Crippen LogP contribution in [0.1, 0.15) is 5.01 Å². The molecule has 1 aromatic heterocycles. The first-order valence-corrected chi connectivity index (χ1v) is 5.22. The van der Waals surface area contributed by atoms with Crippen molar-refractivity contribution in [1.82, 2.24) is 9.88 Å². The number of rotatable bonds is 2. The normalized spacial score (nSPS) is 19.1. The summed E-state index contributed by atoms with van der Waals surface area (Å²) < 4.78 is 5.26. The number of anilines is 1. The molecule has 2 rings (SSSR count). The molecule has 0 saturated carbocycles. The average molecular weight is 199 g/mol. The van der Waals surface area contributed by atoms with Crippen LogP contribution < -0.4 is 5.73 Å². The number of thiazole rings is 1. The minimum Gasteiger partial charge on any atom is -0.383 e. The van der Waals surface area contributed by atoms with Gasteiger partial charge in [-0.1, -0.05) is 0 Å². The van der Waals surface area contributed by atoms with Crippen molar-refractivity contribution in [3.8, 4) is 0 Å². The van der Waals surface area contributed by atoms with E-state index in [0.717, 1.165) is 37.9 Å². The molecule has 0 aliphatic carbocycles. The zero-order chi connectivity index (χ0) is 9.10. The molecule has 1 aromatic rings. The molecule has 0 amide bonds. The van der Waals surface area contributed by atoms with E-state index in [4.69, 9.17) is 10.5 Å². The van der Waals surface area contributed by atoms with Crippen LogP contribution in [0.25, 0.3) is 0 Å². The summed E-state index contributed by atoms with van der Waals surface area (Å²) in [5.74, 6) is 0.633. The molecule has 2 N–H and O–H groups in total. The van der Waals surface area contributed by atoms with Crippen LogP contribution in [-0.2, 0) is 11.3 Å². The zero-order valence-electron chi connectivity index (χ0n) is 7.40. The molecular formula is C8H13N3OS. The molecule has 5 heteroatoms. The number of aromatic nitrogens is 1. The zero-order valence-corrected chi connectivity index (χ0v) is 8.22. The van der Waals surface area contributed by atoms with Gasteiger partial charge in [0.15, 0.2) is 0 Å². The van der Waals surface area contributed by atoms with E-state index in [-0.39, 0.29) is 0 Å². The van der Waals surface area contributed by atoms with Gasteiger partial charge in [0.25, 0.3) is 0 Å². The minimum atomic E-state index is 0.633. The van der Waals surface area contributed by atoms with Crippen LogP contribution in [0.5, 0.6) is 0 Å². The van der Waals surface area contributed by atoms with Gasteiger partial charge >= 0.3 is 0 Å². The number of nitrogen functional groups attached to an aromatic ring is 1.